The molecule has 94 valence electrons. The van der Waals surface area contributed by atoms with E-state index in [9.17, 15) is 4.79 Å². The van der Waals surface area contributed by atoms with Crippen LogP contribution < -0.4 is 0 Å². The standard InChI is InChI=1S/C14H14INO2/c15-13-5-3-12(4-6-13)11-18-14(17)7-10-16-8-1-2-9-16/h1-6,8-9H,7,10-11H2. The lowest BCUT2D eigenvalue weighted by Gasteiger charge is -2.05. The third-order valence-electron chi connectivity index (χ3n) is 2.55. The van der Waals surface area contributed by atoms with Crippen LogP contribution in [-0.4, -0.2) is 10.5 Å². The van der Waals surface area contributed by atoms with E-state index >= 15 is 0 Å². The second-order valence-electron chi connectivity index (χ2n) is 3.96. The van der Waals surface area contributed by atoms with Gasteiger partial charge in [-0.3, -0.25) is 4.79 Å². The molecule has 0 N–H and O–H groups in total. The Labute approximate surface area is 120 Å². The highest BCUT2D eigenvalue weighted by Crippen LogP contribution is 2.08. The van der Waals surface area contributed by atoms with Crippen molar-refractivity contribution in [3.8, 4) is 0 Å². The van der Waals surface area contributed by atoms with Gasteiger partial charge in [0, 0.05) is 22.5 Å². The molecule has 2 rings (SSSR count). The van der Waals surface area contributed by atoms with Gasteiger partial charge in [0.1, 0.15) is 6.61 Å². The van der Waals surface area contributed by atoms with Crippen molar-refractivity contribution in [2.45, 2.75) is 19.6 Å². The number of rotatable bonds is 5. The number of hydrogen-bond acceptors (Lipinski definition) is 2. The van der Waals surface area contributed by atoms with E-state index in [2.05, 4.69) is 22.6 Å². The smallest absolute Gasteiger partial charge is 0.307 e. The highest BCUT2D eigenvalue weighted by atomic mass is 127. The topological polar surface area (TPSA) is 31.2 Å². The molecule has 0 unspecified atom stereocenters. The highest BCUT2D eigenvalue weighted by molar-refractivity contribution is 14.1. The van der Waals surface area contributed by atoms with Gasteiger partial charge < -0.3 is 9.30 Å². The lowest BCUT2D eigenvalue weighted by atomic mass is 10.2. The van der Waals surface area contributed by atoms with Gasteiger partial charge in [-0.15, -0.1) is 0 Å². The summed E-state index contributed by atoms with van der Waals surface area (Å²) in [5.74, 6) is -0.165. The Hall–Kier alpha value is -1.30. The first-order valence-electron chi connectivity index (χ1n) is 5.75. The van der Waals surface area contributed by atoms with Crippen LogP contribution in [0, 0.1) is 3.57 Å². The van der Waals surface area contributed by atoms with Crippen molar-refractivity contribution in [3.05, 3.63) is 57.9 Å². The summed E-state index contributed by atoms with van der Waals surface area (Å²) >= 11 is 2.25. The van der Waals surface area contributed by atoms with Crippen LogP contribution in [0.15, 0.2) is 48.8 Å². The van der Waals surface area contributed by atoms with Crippen molar-refractivity contribution in [3.63, 3.8) is 0 Å². The molecule has 4 heteroatoms. The molecule has 0 amide bonds. The van der Waals surface area contributed by atoms with Crippen LogP contribution >= 0.6 is 22.6 Å². The lowest BCUT2D eigenvalue weighted by molar-refractivity contribution is -0.145. The predicted molar refractivity (Wildman–Crippen MR) is 78.0 cm³/mol. The number of aromatic nitrogens is 1. The van der Waals surface area contributed by atoms with Crippen molar-refractivity contribution in [1.82, 2.24) is 4.57 Å². The molecule has 0 aliphatic rings. The average Bonchev–Trinajstić information content (AvgIpc) is 2.89. The number of benzene rings is 1. The van der Waals surface area contributed by atoms with E-state index < -0.39 is 0 Å². The van der Waals surface area contributed by atoms with Gasteiger partial charge in [0.2, 0.25) is 0 Å². The van der Waals surface area contributed by atoms with Gasteiger partial charge in [0.05, 0.1) is 6.42 Å². The van der Waals surface area contributed by atoms with E-state index in [4.69, 9.17) is 4.74 Å². The fourth-order valence-corrected chi connectivity index (χ4v) is 1.92. The van der Waals surface area contributed by atoms with Gasteiger partial charge in [0.25, 0.3) is 0 Å². The van der Waals surface area contributed by atoms with E-state index in [0.29, 0.717) is 19.6 Å². The zero-order chi connectivity index (χ0) is 12.8. The maximum absolute atomic E-state index is 11.5. The van der Waals surface area contributed by atoms with Gasteiger partial charge in [-0.1, -0.05) is 12.1 Å². The highest BCUT2D eigenvalue weighted by Gasteiger charge is 2.03. The Morgan fingerprint density at radius 3 is 2.50 bits per heavy atom. The second kappa shape index (κ2) is 6.58. The molecule has 0 saturated carbocycles. The monoisotopic (exact) mass is 355 g/mol. The third-order valence-corrected chi connectivity index (χ3v) is 3.27. The maximum atomic E-state index is 11.5. The van der Waals surface area contributed by atoms with E-state index in [1.807, 2.05) is 53.4 Å². The van der Waals surface area contributed by atoms with E-state index in [0.717, 1.165) is 5.56 Å². The zero-order valence-electron chi connectivity index (χ0n) is 9.88. The first-order chi connectivity index (χ1) is 8.74. The number of nitrogens with zero attached hydrogens (tertiary/aromatic N) is 1. The van der Waals surface area contributed by atoms with Crippen molar-refractivity contribution in [1.29, 1.82) is 0 Å². The number of esters is 1. The van der Waals surface area contributed by atoms with Gasteiger partial charge in [-0.25, -0.2) is 0 Å². The summed E-state index contributed by atoms with van der Waals surface area (Å²) in [7, 11) is 0. The summed E-state index contributed by atoms with van der Waals surface area (Å²) in [5, 5.41) is 0. The molecule has 2 aromatic rings. The number of ether oxygens (including phenoxy) is 1. The molecule has 0 fully saturated rings. The molecule has 1 aromatic heterocycles. The first-order valence-corrected chi connectivity index (χ1v) is 6.83. The largest absolute Gasteiger partial charge is 0.461 e. The van der Waals surface area contributed by atoms with Crippen LogP contribution in [0.2, 0.25) is 0 Å². The molecular weight excluding hydrogens is 341 g/mol. The lowest BCUT2D eigenvalue weighted by Crippen LogP contribution is -2.08. The van der Waals surface area contributed by atoms with Crippen LogP contribution in [0.3, 0.4) is 0 Å². The third kappa shape index (κ3) is 4.18. The molecule has 0 aliphatic carbocycles. The van der Waals surface area contributed by atoms with Crippen LogP contribution in [-0.2, 0) is 22.7 Å². The van der Waals surface area contributed by atoms with Gasteiger partial charge in [-0.2, -0.15) is 0 Å². The average molecular weight is 355 g/mol. The Morgan fingerprint density at radius 1 is 1.17 bits per heavy atom. The maximum Gasteiger partial charge on any atom is 0.307 e. The van der Waals surface area contributed by atoms with Crippen molar-refractivity contribution in [2.75, 3.05) is 0 Å². The normalized spacial score (nSPS) is 10.3. The number of hydrogen-bond donors (Lipinski definition) is 0. The molecule has 1 aromatic carbocycles. The quantitative estimate of drug-likeness (QED) is 0.609. The Balaban J connectivity index is 1.73. The molecule has 0 bridgehead atoms. The summed E-state index contributed by atoms with van der Waals surface area (Å²) in [6.45, 7) is 1.01. The van der Waals surface area contributed by atoms with Crippen LogP contribution in [0.4, 0.5) is 0 Å². The SMILES string of the molecule is O=C(CCn1cccc1)OCc1ccc(I)cc1. The van der Waals surface area contributed by atoms with Crippen molar-refractivity contribution >= 4 is 28.6 Å². The Kier molecular flexibility index (Phi) is 4.81. The summed E-state index contributed by atoms with van der Waals surface area (Å²) in [4.78, 5) is 11.5. The number of aryl methyl sites for hydroxylation is 1. The summed E-state index contributed by atoms with van der Waals surface area (Å²) in [5.41, 5.74) is 1.02. The van der Waals surface area contributed by atoms with E-state index in [-0.39, 0.29) is 5.97 Å². The van der Waals surface area contributed by atoms with Crippen LogP contribution in [0.1, 0.15) is 12.0 Å². The van der Waals surface area contributed by atoms with Gasteiger partial charge >= 0.3 is 5.97 Å². The molecule has 0 atom stereocenters. The van der Waals surface area contributed by atoms with E-state index in [1.165, 1.54) is 3.57 Å². The van der Waals surface area contributed by atoms with E-state index in [1.54, 1.807) is 0 Å². The minimum absolute atomic E-state index is 0.165. The number of carbonyl (C=O) groups excluding carboxylic acids is 1. The fraction of sp³-hybridized carbons (Fsp3) is 0.214. The molecule has 3 nitrogen and oxygen atoms in total. The summed E-state index contributed by atoms with van der Waals surface area (Å²) in [6.07, 6.45) is 4.28. The summed E-state index contributed by atoms with van der Waals surface area (Å²) in [6, 6.07) is 11.8. The minimum Gasteiger partial charge on any atom is -0.461 e. The Bertz CT molecular complexity index is 491. The predicted octanol–water partition coefficient (Wildman–Crippen LogP) is 3.23. The molecule has 0 saturated heterocycles. The van der Waals surface area contributed by atoms with Crippen molar-refractivity contribution in [2.24, 2.45) is 0 Å². The molecule has 18 heavy (non-hydrogen) atoms. The van der Waals surface area contributed by atoms with Gasteiger partial charge in [-0.05, 0) is 52.4 Å². The molecule has 0 radical (unpaired) electrons. The Morgan fingerprint density at radius 2 is 1.83 bits per heavy atom. The van der Waals surface area contributed by atoms with Crippen LogP contribution in [0.5, 0.6) is 0 Å². The molecule has 0 aliphatic heterocycles. The molecule has 0 spiro atoms. The minimum atomic E-state index is -0.165. The van der Waals surface area contributed by atoms with Crippen molar-refractivity contribution < 1.29 is 9.53 Å². The molecular formula is C14H14INO2. The van der Waals surface area contributed by atoms with Gasteiger partial charge in [0.15, 0.2) is 0 Å². The van der Waals surface area contributed by atoms with Crippen LogP contribution in [0.25, 0.3) is 0 Å². The molecule has 1 heterocycles. The number of carbonyl (C=O) groups is 1. The number of halogens is 1. The second-order valence-corrected chi connectivity index (χ2v) is 5.20. The summed E-state index contributed by atoms with van der Waals surface area (Å²) < 4.78 is 8.35. The fourth-order valence-electron chi connectivity index (χ4n) is 1.56. The zero-order valence-corrected chi connectivity index (χ0v) is 12.0. The first kappa shape index (κ1) is 13.1.